The van der Waals surface area contributed by atoms with Gasteiger partial charge in [-0.05, 0) is 18.1 Å². The van der Waals surface area contributed by atoms with Crippen molar-refractivity contribution in [1.29, 1.82) is 0 Å². The number of barbiturate groups is 2. The summed E-state index contributed by atoms with van der Waals surface area (Å²) >= 11 is 0. The maximum atomic E-state index is 13.6. The molecule has 2 saturated heterocycles. The molecule has 0 radical (unpaired) electrons. The summed E-state index contributed by atoms with van der Waals surface area (Å²) in [5.74, 6) is -5.38. The summed E-state index contributed by atoms with van der Waals surface area (Å²) in [6.45, 7) is -0.0593. The third-order valence-electron chi connectivity index (χ3n) is 6.98. The van der Waals surface area contributed by atoms with Crippen molar-refractivity contribution < 1.29 is 43.0 Å². The van der Waals surface area contributed by atoms with Crippen molar-refractivity contribution in [3.63, 3.8) is 0 Å². The number of hydrogen-bond acceptors (Lipinski definition) is 9. The second-order valence-corrected chi connectivity index (χ2v) is 8.53. The molecule has 0 saturated carbocycles. The second kappa shape index (κ2) is 7.17. The van der Waals surface area contributed by atoms with E-state index in [2.05, 4.69) is 10.6 Å². The zero-order valence-corrected chi connectivity index (χ0v) is 18.4. The van der Waals surface area contributed by atoms with Crippen molar-refractivity contribution in [2.45, 2.75) is 12.8 Å². The van der Waals surface area contributed by atoms with Gasteiger partial charge in [0.15, 0.2) is 11.5 Å². The van der Waals surface area contributed by atoms with Gasteiger partial charge in [0.25, 0.3) is 0 Å². The number of hydrogen-bond donors (Lipinski definition) is 2. The second-order valence-electron chi connectivity index (χ2n) is 8.53. The van der Waals surface area contributed by atoms with E-state index in [1.807, 2.05) is 0 Å². The maximum absolute atomic E-state index is 13.6. The quantitative estimate of drug-likeness (QED) is 0.523. The molecule has 1 aromatic rings. The smallest absolute Gasteiger partial charge is 0.330 e. The highest BCUT2D eigenvalue weighted by atomic mass is 16.7. The van der Waals surface area contributed by atoms with Gasteiger partial charge in [0, 0.05) is 32.0 Å². The predicted octanol–water partition coefficient (Wildman–Crippen LogP) is -0.842. The molecule has 13 nitrogen and oxygen atoms in total. The highest BCUT2D eigenvalue weighted by Gasteiger charge is 2.64. The van der Waals surface area contributed by atoms with Crippen LogP contribution >= 0.6 is 0 Å². The molecule has 3 atom stereocenters. The van der Waals surface area contributed by atoms with Crippen molar-refractivity contribution in [3.8, 4) is 17.2 Å². The molecule has 1 aromatic carbocycles. The molecule has 4 aliphatic rings. The Labute approximate surface area is 192 Å². The Morgan fingerprint density at radius 2 is 1.74 bits per heavy atom. The maximum Gasteiger partial charge on any atom is 0.330 e. The van der Waals surface area contributed by atoms with Crippen LogP contribution in [-0.4, -0.2) is 73.5 Å². The van der Waals surface area contributed by atoms with Crippen molar-refractivity contribution in [3.05, 3.63) is 17.2 Å². The summed E-state index contributed by atoms with van der Waals surface area (Å²) in [6.07, 6.45) is -0.362. The molecule has 1 spiro atoms. The molecule has 2 fully saturated rings. The Bertz CT molecular complexity index is 1210. The Balaban J connectivity index is 1.73. The van der Waals surface area contributed by atoms with E-state index in [4.69, 9.17) is 14.2 Å². The minimum Gasteiger partial charge on any atom is -0.492 e. The van der Waals surface area contributed by atoms with Crippen LogP contribution < -0.4 is 24.8 Å². The molecule has 0 unspecified atom stereocenters. The number of carbonyl (C=O) groups excluding carboxylic acids is 6. The number of ether oxygens (including phenoxy) is 3. The van der Waals surface area contributed by atoms with Crippen molar-refractivity contribution in [2.24, 2.45) is 17.3 Å². The minimum absolute atomic E-state index is 0.0593. The lowest BCUT2D eigenvalue weighted by Gasteiger charge is -2.48. The van der Waals surface area contributed by atoms with Crippen LogP contribution in [0.3, 0.4) is 0 Å². The van der Waals surface area contributed by atoms with E-state index < -0.39 is 52.9 Å². The first kappa shape index (κ1) is 21.7. The lowest BCUT2D eigenvalue weighted by Crippen LogP contribution is -2.70. The Morgan fingerprint density at radius 1 is 1.03 bits per heavy atom. The molecule has 13 heteroatoms. The topological polar surface area (TPSA) is 161 Å². The van der Waals surface area contributed by atoms with E-state index in [1.165, 1.54) is 21.2 Å². The number of carbonyl (C=O) groups is 6. The number of rotatable bonds is 2. The molecule has 8 amide bonds. The van der Waals surface area contributed by atoms with Gasteiger partial charge in [0.1, 0.15) is 11.3 Å². The van der Waals surface area contributed by atoms with E-state index in [0.29, 0.717) is 22.6 Å². The standard InChI is InChI=1S/C21H20N4O9/c1-24-16(27)12(15(26)22-19(24)30)10-4-8-5-11-14(34-7-33-11)13(32-3)9(8)6-21(10)17(28)23-20(31)25(2)18(21)29/h5,10,12H,4,6-7H2,1-3H3,(H,22,26,30)(H,23,28,31)/t10-,12-,21-/m1/s1. The average molecular weight is 472 g/mol. The average Bonchev–Trinajstić information content (AvgIpc) is 3.26. The normalized spacial score (nSPS) is 28.2. The van der Waals surface area contributed by atoms with Gasteiger partial charge in [-0.1, -0.05) is 0 Å². The molecule has 3 aliphatic heterocycles. The highest BCUT2D eigenvalue weighted by Crippen LogP contribution is 2.54. The van der Waals surface area contributed by atoms with Crippen LogP contribution in [-0.2, 0) is 32.0 Å². The van der Waals surface area contributed by atoms with Crippen LogP contribution in [0.25, 0.3) is 0 Å². The summed E-state index contributed by atoms with van der Waals surface area (Å²) in [7, 11) is 3.79. The number of fused-ring (bicyclic) bond motifs is 2. The van der Waals surface area contributed by atoms with Gasteiger partial charge in [0.2, 0.25) is 36.2 Å². The summed E-state index contributed by atoms with van der Waals surface area (Å²) in [5.41, 5.74) is -0.963. The molecule has 34 heavy (non-hydrogen) atoms. The fourth-order valence-corrected chi connectivity index (χ4v) is 5.22. The molecule has 2 N–H and O–H groups in total. The van der Waals surface area contributed by atoms with Gasteiger partial charge in [-0.3, -0.25) is 39.6 Å². The van der Waals surface area contributed by atoms with Gasteiger partial charge in [-0.2, -0.15) is 0 Å². The predicted molar refractivity (Wildman–Crippen MR) is 109 cm³/mol. The van der Waals surface area contributed by atoms with Gasteiger partial charge >= 0.3 is 12.1 Å². The Kier molecular flexibility index (Phi) is 4.57. The van der Waals surface area contributed by atoms with E-state index >= 15 is 0 Å². The molecule has 5 rings (SSSR count). The molecule has 178 valence electrons. The van der Waals surface area contributed by atoms with Crippen LogP contribution in [0.1, 0.15) is 11.1 Å². The first-order valence-corrected chi connectivity index (χ1v) is 10.4. The van der Waals surface area contributed by atoms with Crippen molar-refractivity contribution in [1.82, 2.24) is 20.4 Å². The number of urea groups is 2. The number of imide groups is 4. The lowest BCUT2D eigenvalue weighted by atomic mass is 9.57. The highest BCUT2D eigenvalue weighted by molar-refractivity contribution is 6.21. The van der Waals surface area contributed by atoms with Gasteiger partial charge in [-0.15, -0.1) is 0 Å². The van der Waals surface area contributed by atoms with Crippen LogP contribution in [0.5, 0.6) is 17.2 Å². The number of benzene rings is 1. The number of methoxy groups -OCH3 is 1. The van der Waals surface area contributed by atoms with Crippen LogP contribution in [0.2, 0.25) is 0 Å². The monoisotopic (exact) mass is 472 g/mol. The number of nitrogens with zero attached hydrogens (tertiary/aromatic N) is 2. The number of amides is 8. The third kappa shape index (κ3) is 2.66. The molecular weight excluding hydrogens is 452 g/mol. The van der Waals surface area contributed by atoms with Gasteiger partial charge < -0.3 is 14.2 Å². The van der Waals surface area contributed by atoms with E-state index in [-0.39, 0.29) is 25.4 Å². The summed E-state index contributed by atoms with van der Waals surface area (Å²) in [5, 5.41) is 4.27. The molecule has 0 bridgehead atoms. The van der Waals surface area contributed by atoms with E-state index in [0.717, 1.165) is 9.80 Å². The Hall–Kier alpha value is -4.16. The molecule has 1 aliphatic carbocycles. The summed E-state index contributed by atoms with van der Waals surface area (Å²) in [4.78, 5) is 78.6. The van der Waals surface area contributed by atoms with Crippen LogP contribution in [0.15, 0.2) is 6.07 Å². The van der Waals surface area contributed by atoms with Crippen molar-refractivity contribution in [2.75, 3.05) is 28.0 Å². The lowest BCUT2D eigenvalue weighted by molar-refractivity contribution is -0.161. The van der Waals surface area contributed by atoms with Crippen LogP contribution in [0.4, 0.5) is 9.59 Å². The Morgan fingerprint density at radius 3 is 2.44 bits per heavy atom. The molecule has 0 aromatic heterocycles. The van der Waals surface area contributed by atoms with E-state index in [9.17, 15) is 28.8 Å². The van der Waals surface area contributed by atoms with E-state index in [1.54, 1.807) is 6.07 Å². The molecule has 3 heterocycles. The fourth-order valence-electron chi connectivity index (χ4n) is 5.22. The summed E-state index contributed by atoms with van der Waals surface area (Å²) in [6, 6.07) is -0.178. The number of nitrogens with one attached hydrogen (secondary N) is 2. The zero-order chi connectivity index (χ0) is 24.5. The largest absolute Gasteiger partial charge is 0.492 e. The SMILES string of the molecule is COc1c2c(cc3c1OCO3)C[C@H]([C@@H]1C(=O)NC(=O)N(C)C1=O)[C@]1(C2)C(=O)NC(=O)N(C)C1=O. The third-order valence-corrected chi connectivity index (χ3v) is 6.98. The first-order valence-electron chi connectivity index (χ1n) is 10.4. The molecular formula is C21H20N4O9. The van der Waals surface area contributed by atoms with Gasteiger partial charge in [-0.25, -0.2) is 9.59 Å². The van der Waals surface area contributed by atoms with Crippen LogP contribution in [0, 0.1) is 17.3 Å². The fraction of sp³-hybridized carbons (Fsp3) is 0.429. The van der Waals surface area contributed by atoms with Crippen molar-refractivity contribution >= 4 is 35.7 Å². The minimum atomic E-state index is -2.00. The van der Waals surface area contributed by atoms with Gasteiger partial charge in [0.05, 0.1) is 7.11 Å². The zero-order valence-electron chi connectivity index (χ0n) is 18.4. The summed E-state index contributed by atoms with van der Waals surface area (Å²) < 4.78 is 16.5. The first-order chi connectivity index (χ1) is 16.1.